The number of hydrogen-bond donors (Lipinski definition) is 0. The molecule has 4 aromatic carbocycles. The second-order valence-corrected chi connectivity index (χ2v) is 10.4. The highest BCUT2D eigenvalue weighted by Gasteiger charge is 2.23. The first kappa shape index (κ1) is 20.7. The monoisotopic (exact) mass is 469 g/mol. The lowest BCUT2D eigenvalue weighted by Crippen LogP contribution is -2.07. The first-order chi connectivity index (χ1) is 13.7. The van der Waals surface area contributed by atoms with Crippen LogP contribution in [0.3, 0.4) is 0 Å². The molecule has 0 aromatic heterocycles. The quantitative estimate of drug-likeness (QED) is 0.312. The molecule has 4 aromatic rings. The molecule has 0 N–H and O–H groups in total. The summed E-state index contributed by atoms with van der Waals surface area (Å²) in [6, 6.07) is 6.23. The second-order valence-electron chi connectivity index (χ2n) is 6.38. The van der Waals surface area contributed by atoms with Gasteiger partial charge in [-0.2, -0.15) is 0 Å². The van der Waals surface area contributed by atoms with Crippen molar-refractivity contribution in [1.29, 1.82) is 0 Å². The van der Waals surface area contributed by atoms with Crippen LogP contribution in [-0.4, -0.2) is 46.0 Å². The average Bonchev–Trinajstić information content (AvgIpc) is 2.62. The van der Waals surface area contributed by atoms with Gasteiger partial charge in [0.2, 0.25) is 0 Å². The van der Waals surface area contributed by atoms with Gasteiger partial charge in [0.25, 0.3) is 0 Å². The number of hydrogen-bond acceptors (Lipinski definition) is 10. The molecule has 0 unspecified atom stereocenters. The van der Waals surface area contributed by atoms with Crippen LogP contribution in [0.4, 0.5) is 0 Å². The molecule has 0 fully saturated rings. The maximum atomic E-state index is 11.8. The van der Waals surface area contributed by atoms with E-state index < -0.39 is 45.0 Å². The third-order valence-electron chi connectivity index (χ3n) is 4.77. The fraction of sp³-hybridized carbons (Fsp3) is 0.0588. The Kier molecular flexibility index (Phi) is 4.30. The van der Waals surface area contributed by atoms with Gasteiger partial charge in [-0.3, -0.25) is 0 Å². The van der Waals surface area contributed by atoms with E-state index in [1.54, 1.807) is 0 Å². The van der Waals surface area contributed by atoms with E-state index in [1.165, 1.54) is 19.2 Å². The van der Waals surface area contributed by atoms with Crippen molar-refractivity contribution in [1.82, 2.24) is 0 Å². The molecule has 10 nitrogen and oxygen atoms in total. The van der Waals surface area contributed by atoms with E-state index in [9.17, 15) is 38.9 Å². The Bertz CT molecular complexity index is 1630. The molecule has 0 aliphatic heterocycles. The van der Waals surface area contributed by atoms with Crippen LogP contribution in [0, 0.1) is 0 Å². The summed E-state index contributed by atoms with van der Waals surface area (Å²) in [7, 11) is -14.3. The van der Waals surface area contributed by atoms with E-state index >= 15 is 0 Å². The van der Waals surface area contributed by atoms with E-state index in [0.717, 1.165) is 18.2 Å². The van der Waals surface area contributed by atoms with Gasteiger partial charge in [-0.15, -0.1) is 0 Å². The molecule has 0 aliphatic carbocycles. The van der Waals surface area contributed by atoms with Crippen molar-refractivity contribution in [3.63, 3.8) is 0 Å². The van der Waals surface area contributed by atoms with Crippen LogP contribution >= 0.6 is 0 Å². The Hall–Kier alpha value is -2.55. The standard InChI is InChI=1S/C17H12O10S3/c1-27-12-6-13(28(18,19)20)9-4-5-11-15(30(24,25)26)7-14(29(21,22)23)10-3-2-8(12)16(9)17(10)11/h2-7H,1H3,(H,18,19,20)(H,21,22,23)(H,24,25,26)/p-3. The van der Waals surface area contributed by atoms with Crippen LogP contribution in [0.15, 0.2) is 51.1 Å². The van der Waals surface area contributed by atoms with Gasteiger partial charge in [0.15, 0.2) is 0 Å². The van der Waals surface area contributed by atoms with Gasteiger partial charge in [0.05, 0.1) is 21.8 Å². The normalized spacial score (nSPS) is 13.5. The highest BCUT2D eigenvalue weighted by Crippen LogP contribution is 2.44. The SMILES string of the molecule is COc1cc(S(=O)(=O)[O-])c2ccc3c(S(=O)(=O)[O-])cc(S(=O)(=O)[O-])c4ccc1c2c43. The van der Waals surface area contributed by atoms with E-state index in [-0.39, 0.29) is 38.1 Å². The molecule has 0 heterocycles. The molecule has 0 spiro atoms. The average molecular weight is 469 g/mol. The Morgan fingerprint density at radius 3 is 1.30 bits per heavy atom. The molecule has 0 atom stereocenters. The molecule has 0 amide bonds. The van der Waals surface area contributed by atoms with Crippen LogP contribution in [0.5, 0.6) is 5.75 Å². The Labute approximate surface area is 170 Å². The molecular weight excluding hydrogens is 460 g/mol. The summed E-state index contributed by atoms with van der Waals surface area (Å²) < 4.78 is 111. The Morgan fingerprint density at radius 1 is 0.600 bits per heavy atom. The minimum atomic E-state index is -5.23. The third kappa shape index (κ3) is 2.98. The predicted molar refractivity (Wildman–Crippen MR) is 101 cm³/mol. The van der Waals surface area contributed by atoms with Crippen molar-refractivity contribution in [2.45, 2.75) is 14.7 Å². The van der Waals surface area contributed by atoms with Gasteiger partial charge in [-0.1, -0.05) is 18.2 Å². The van der Waals surface area contributed by atoms with Crippen LogP contribution < -0.4 is 4.74 Å². The lowest BCUT2D eigenvalue weighted by Gasteiger charge is -2.22. The van der Waals surface area contributed by atoms with Gasteiger partial charge < -0.3 is 18.4 Å². The summed E-state index contributed by atoms with van der Waals surface area (Å²) in [4.78, 5) is -2.62. The first-order valence-electron chi connectivity index (χ1n) is 7.95. The molecule has 4 rings (SSSR count). The Morgan fingerprint density at radius 2 is 0.933 bits per heavy atom. The van der Waals surface area contributed by atoms with E-state index in [4.69, 9.17) is 4.74 Å². The Balaban J connectivity index is 2.46. The predicted octanol–water partition coefficient (Wildman–Crippen LogP) is 1.30. The lowest BCUT2D eigenvalue weighted by atomic mass is 9.93. The third-order valence-corrected chi connectivity index (χ3v) is 7.40. The zero-order chi connectivity index (χ0) is 22.2. The molecule has 0 saturated heterocycles. The number of ether oxygens (including phenoxy) is 1. The number of methoxy groups -OCH3 is 1. The fourth-order valence-electron chi connectivity index (χ4n) is 3.66. The largest absolute Gasteiger partial charge is 0.744 e. The summed E-state index contributed by atoms with van der Waals surface area (Å²) in [5, 5.41) is -0.586. The summed E-state index contributed by atoms with van der Waals surface area (Å²) in [6.07, 6.45) is 0. The van der Waals surface area contributed by atoms with Gasteiger partial charge in [0, 0.05) is 32.3 Å². The maximum absolute atomic E-state index is 11.8. The van der Waals surface area contributed by atoms with Gasteiger partial charge in [-0.05, 0) is 18.2 Å². The van der Waals surface area contributed by atoms with E-state index in [0.29, 0.717) is 6.07 Å². The molecule has 0 aliphatic rings. The van der Waals surface area contributed by atoms with Crippen LogP contribution in [-0.2, 0) is 30.4 Å². The van der Waals surface area contributed by atoms with Crippen molar-refractivity contribution < 1.29 is 43.6 Å². The van der Waals surface area contributed by atoms with Gasteiger partial charge in [-0.25, -0.2) is 25.3 Å². The summed E-state index contributed by atoms with van der Waals surface area (Å²) in [5.74, 6) is -0.0618. The number of rotatable bonds is 4. The molecule has 13 heteroatoms. The zero-order valence-electron chi connectivity index (χ0n) is 14.8. The lowest BCUT2D eigenvalue weighted by molar-refractivity contribution is 0.417. The zero-order valence-corrected chi connectivity index (χ0v) is 17.2. The topological polar surface area (TPSA) is 181 Å². The van der Waals surface area contributed by atoms with E-state index in [2.05, 4.69) is 0 Å². The summed E-state index contributed by atoms with van der Waals surface area (Å²) >= 11 is 0. The highest BCUT2D eigenvalue weighted by molar-refractivity contribution is 7.87. The van der Waals surface area contributed by atoms with Gasteiger partial charge >= 0.3 is 0 Å². The van der Waals surface area contributed by atoms with Gasteiger partial charge in [0.1, 0.15) is 36.1 Å². The molecule has 30 heavy (non-hydrogen) atoms. The molecule has 0 radical (unpaired) electrons. The first-order valence-corrected chi connectivity index (χ1v) is 12.2. The summed E-state index contributed by atoms with van der Waals surface area (Å²) in [5.41, 5.74) is 0. The van der Waals surface area contributed by atoms with Crippen LogP contribution in [0.1, 0.15) is 0 Å². The minimum absolute atomic E-state index is 0.0332. The number of benzene rings is 4. The fourth-order valence-corrected chi connectivity index (χ4v) is 5.82. The van der Waals surface area contributed by atoms with E-state index in [1.807, 2.05) is 0 Å². The van der Waals surface area contributed by atoms with Crippen molar-refractivity contribution in [2.24, 2.45) is 0 Å². The highest BCUT2D eigenvalue weighted by atomic mass is 32.2. The molecule has 0 bridgehead atoms. The smallest absolute Gasteiger partial charge is 0.128 e. The van der Waals surface area contributed by atoms with Crippen molar-refractivity contribution in [3.05, 3.63) is 36.4 Å². The molecular formula is C17H9O10S3-3. The van der Waals surface area contributed by atoms with Crippen molar-refractivity contribution in [3.8, 4) is 5.75 Å². The summed E-state index contributed by atoms with van der Waals surface area (Å²) in [6.45, 7) is 0. The van der Waals surface area contributed by atoms with Crippen molar-refractivity contribution >= 4 is 62.7 Å². The van der Waals surface area contributed by atoms with Crippen molar-refractivity contribution in [2.75, 3.05) is 7.11 Å². The van der Waals surface area contributed by atoms with Crippen LogP contribution in [0.25, 0.3) is 32.3 Å². The second kappa shape index (κ2) is 6.23. The molecule has 158 valence electrons. The minimum Gasteiger partial charge on any atom is -0.744 e. The maximum Gasteiger partial charge on any atom is 0.128 e. The van der Waals surface area contributed by atoms with Crippen LogP contribution in [0.2, 0.25) is 0 Å². The molecule has 0 saturated carbocycles.